The lowest BCUT2D eigenvalue weighted by molar-refractivity contribution is -0.137. The van der Waals surface area contributed by atoms with Gasteiger partial charge < -0.3 is 9.64 Å². The molecule has 2 aromatic carbocycles. The van der Waals surface area contributed by atoms with Crippen LogP contribution in [0, 0.1) is 6.92 Å². The van der Waals surface area contributed by atoms with E-state index in [1.807, 2.05) is 30.3 Å². The Morgan fingerprint density at radius 2 is 1.75 bits per heavy atom. The summed E-state index contributed by atoms with van der Waals surface area (Å²) >= 11 is 0. The van der Waals surface area contributed by atoms with E-state index in [4.69, 9.17) is 4.74 Å². The normalized spacial score (nSPS) is 12.3. The van der Waals surface area contributed by atoms with Gasteiger partial charge in [-0.3, -0.25) is 4.79 Å². The monoisotopic (exact) mass is 404 g/mol. The van der Waals surface area contributed by atoms with Crippen LogP contribution in [0.4, 0.5) is 0 Å². The fourth-order valence-corrected chi connectivity index (χ4v) is 3.80. The van der Waals surface area contributed by atoms with E-state index >= 15 is 0 Å². The van der Waals surface area contributed by atoms with Gasteiger partial charge in [0.05, 0.1) is 10.5 Å². The number of nitrogens with one attached hydrogen (secondary N) is 1. The van der Waals surface area contributed by atoms with Gasteiger partial charge in [-0.05, 0) is 37.1 Å². The molecule has 0 saturated heterocycles. The van der Waals surface area contributed by atoms with E-state index in [1.165, 1.54) is 30.0 Å². The molecule has 0 aliphatic heterocycles. The number of amides is 1. The lowest BCUT2D eigenvalue weighted by atomic mass is 10.1. The highest BCUT2D eigenvalue weighted by atomic mass is 32.2. The number of benzene rings is 2. The molecule has 1 N–H and O–H groups in total. The number of nitrogens with zero attached hydrogens (tertiary/aromatic N) is 1. The minimum absolute atomic E-state index is 0.00975. The maximum atomic E-state index is 12.7. The molecule has 0 fully saturated rings. The number of ether oxygens (including phenoxy) is 1. The van der Waals surface area contributed by atoms with Crippen molar-refractivity contribution in [3.8, 4) is 0 Å². The molecule has 0 saturated carbocycles. The Morgan fingerprint density at radius 3 is 2.36 bits per heavy atom. The Balaban J connectivity index is 2.19. The third-order valence-corrected chi connectivity index (χ3v) is 5.64. The van der Waals surface area contributed by atoms with Crippen LogP contribution in [-0.4, -0.2) is 45.4 Å². The van der Waals surface area contributed by atoms with Crippen LogP contribution in [-0.2, 0) is 26.1 Å². The van der Waals surface area contributed by atoms with Crippen LogP contribution < -0.4 is 4.72 Å². The lowest BCUT2D eigenvalue weighted by Gasteiger charge is -2.17. The fourth-order valence-electron chi connectivity index (χ4n) is 2.51. The average molecular weight is 404 g/mol. The average Bonchev–Trinajstić information content (AvgIpc) is 2.66. The summed E-state index contributed by atoms with van der Waals surface area (Å²) in [7, 11) is -0.722. The molecule has 0 bridgehead atoms. The number of esters is 1. The summed E-state index contributed by atoms with van der Waals surface area (Å²) < 4.78 is 33.1. The van der Waals surface area contributed by atoms with Gasteiger partial charge in [-0.2, -0.15) is 0 Å². The van der Waals surface area contributed by atoms with E-state index in [2.05, 4.69) is 4.72 Å². The molecule has 0 heterocycles. The zero-order valence-electron chi connectivity index (χ0n) is 16.3. The molecule has 0 spiro atoms. The Bertz CT molecular complexity index is 956. The summed E-state index contributed by atoms with van der Waals surface area (Å²) in [4.78, 5) is 25.5. The molecule has 28 heavy (non-hydrogen) atoms. The highest BCUT2D eigenvalue weighted by Gasteiger charge is 2.23. The Morgan fingerprint density at radius 1 is 1.11 bits per heavy atom. The van der Waals surface area contributed by atoms with Crippen molar-refractivity contribution in [3.05, 3.63) is 65.2 Å². The van der Waals surface area contributed by atoms with Gasteiger partial charge in [-0.15, -0.1) is 0 Å². The molecular weight excluding hydrogens is 380 g/mol. The lowest BCUT2D eigenvalue weighted by Crippen LogP contribution is -2.35. The van der Waals surface area contributed by atoms with Gasteiger partial charge >= 0.3 is 5.97 Å². The van der Waals surface area contributed by atoms with Gasteiger partial charge in [-0.25, -0.2) is 17.9 Å². The van der Waals surface area contributed by atoms with E-state index in [-0.39, 0.29) is 22.9 Å². The minimum atomic E-state index is -3.84. The van der Waals surface area contributed by atoms with Gasteiger partial charge in [0, 0.05) is 20.6 Å². The molecule has 0 aliphatic rings. The molecule has 1 amide bonds. The molecule has 0 unspecified atom stereocenters. The number of hydrogen-bond donors (Lipinski definition) is 1. The Kier molecular flexibility index (Phi) is 6.93. The molecule has 150 valence electrons. The molecule has 2 rings (SSSR count). The maximum Gasteiger partial charge on any atom is 0.338 e. The van der Waals surface area contributed by atoms with Gasteiger partial charge in [0.15, 0.2) is 6.10 Å². The summed E-state index contributed by atoms with van der Waals surface area (Å²) in [6.45, 7) is 3.24. The zero-order valence-corrected chi connectivity index (χ0v) is 17.1. The van der Waals surface area contributed by atoms with Crippen molar-refractivity contribution in [3.63, 3.8) is 0 Å². The van der Waals surface area contributed by atoms with E-state index in [0.29, 0.717) is 5.56 Å². The van der Waals surface area contributed by atoms with Crippen molar-refractivity contribution in [2.24, 2.45) is 0 Å². The smallest absolute Gasteiger partial charge is 0.338 e. The first-order valence-electron chi connectivity index (χ1n) is 8.68. The summed E-state index contributed by atoms with van der Waals surface area (Å²) in [5, 5.41) is 0. The number of sulfonamides is 1. The summed E-state index contributed by atoms with van der Waals surface area (Å²) in [5.41, 5.74) is 1.37. The summed E-state index contributed by atoms with van der Waals surface area (Å²) in [6, 6.07) is 13.4. The van der Waals surface area contributed by atoms with Crippen molar-refractivity contribution in [1.29, 1.82) is 0 Å². The first kappa shape index (κ1) is 21.6. The standard InChI is InChI=1S/C20H24N2O5S/c1-14-10-11-17(20(24)27-15(2)19(23)22(3)4)12-18(14)28(25,26)21-13-16-8-6-5-7-9-16/h5-12,15,21H,13H2,1-4H3/t15-/m0/s1. The third kappa shape index (κ3) is 5.40. The van der Waals surface area contributed by atoms with Crippen molar-refractivity contribution in [2.75, 3.05) is 14.1 Å². The van der Waals surface area contributed by atoms with Crippen LogP contribution in [0.3, 0.4) is 0 Å². The molecule has 8 heteroatoms. The molecule has 0 aliphatic carbocycles. The zero-order chi connectivity index (χ0) is 20.9. The quantitative estimate of drug-likeness (QED) is 0.714. The van der Waals surface area contributed by atoms with E-state index in [0.717, 1.165) is 5.56 Å². The van der Waals surface area contributed by atoms with Crippen LogP contribution in [0.2, 0.25) is 0 Å². The first-order chi connectivity index (χ1) is 13.1. The highest BCUT2D eigenvalue weighted by Crippen LogP contribution is 2.19. The van der Waals surface area contributed by atoms with Gasteiger partial charge in [0.25, 0.3) is 5.91 Å². The predicted octanol–water partition coefficient (Wildman–Crippen LogP) is 2.11. The molecular formula is C20H24N2O5S. The maximum absolute atomic E-state index is 12.7. The minimum Gasteiger partial charge on any atom is -0.449 e. The van der Waals surface area contributed by atoms with Crippen molar-refractivity contribution in [1.82, 2.24) is 9.62 Å². The number of carbonyl (C=O) groups excluding carboxylic acids is 2. The largest absolute Gasteiger partial charge is 0.449 e. The number of rotatable bonds is 7. The molecule has 7 nitrogen and oxygen atoms in total. The van der Waals surface area contributed by atoms with Crippen LogP contribution >= 0.6 is 0 Å². The third-order valence-electron chi connectivity index (χ3n) is 4.09. The molecule has 2 aromatic rings. The van der Waals surface area contributed by atoms with Gasteiger partial charge in [0.1, 0.15) is 0 Å². The van der Waals surface area contributed by atoms with E-state index in [9.17, 15) is 18.0 Å². The fraction of sp³-hybridized carbons (Fsp3) is 0.300. The van der Waals surface area contributed by atoms with Crippen molar-refractivity contribution < 1.29 is 22.7 Å². The van der Waals surface area contributed by atoms with Gasteiger partial charge in [-0.1, -0.05) is 36.4 Å². The van der Waals surface area contributed by atoms with Gasteiger partial charge in [0.2, 0.25) is 10.0 Å². The SMILES string of the molecule is Cc1ccc(C(=O)O[C@@H](C)C(=O)N(C)C)cc1S(=O)(=O)NCc1ccccc1. The molecule has 0 radical (unpaired) electrons. The summed E-state index contributed by atoms with van der Waals surface area (Å²) in [6.07, 6.45) is -0.972. The second kappa shape index (κ2) is 8.99. The number of aryl methyl sites for hydroxylation is 1. The molecule has 0 aromatic heterocycles. The van der Waals surface area contributed by atoms with Crippen LogP contribution in [0.5, 0.6) is 0 Å². The molecule has 1 atom stereocenters. The summed E-state index contributed by atoms with van der Waals surface area (Å²) in [5.74, 6) is -1.12. The number of hydrogen-bond acceptors (Lipinski definition) is 5. The van der Waals surface area contributed by atoms with E-state index < -0.39 is 22.1 Å². The van der Waals surface area contributed by atoms with Crippen LogP contribution in [0.1, 0.15) is 28.4 Å². The van der Waals surface area contributed by atoms with Crippen LogP contribution in [0.15, 0.2) is 53.4 Å². The second-order valence-corrected chi connectivity index (χ2v) is 8.31. The topological polar surface area (TPSA) is 92.8 Å². The second-order valence-electron chi connectivity index (χ2n) is 6.57. The first-order valence-corrected chi connectivity index (χ1v) is 10.2. The highest BCUT2D eigenvalue weighted by molar-refractivity contribution is 7.89. The predicted molar refractivity (Wildman–Crippen MR) is 105 cm³/mol. The van der Waals surface area contributed by atoms with Crippen LogP contribution in [0.25, 0.3) is 0 Å². The Labute approximate surface area is 165 Å². The Hall–Kier alpha value is -2.71. The van der Waals surface area contributed by atoms with Crippen molar-refractivity contribution in [2.45, 2.75) is 31.4 Å². The van der Waals surface area contributed by atoms with E-state index in [1.54, 1.807) is 21.0 Å². The number of carbonyl (C=O) groups is 2. The van der Waals surface area contributed by atoms with Crippen molar-refractivity contribution >= 4 is 21.9 Å². The number of likely N-dealkylation sites (N-methyl/N-ethyl adjacent to an activating group) is 1.